The second kappa shape index (κ2) is 8.58. The third-order valence-corrected chi connectivity index (χ3v) is 5.15. The summed E-state index contributed by atoms with van der Waals surface area (Å²) < 4.78 is 0. The summed E-state index contributed by atoms with van der Waals surface area (Å²) in [6, 6.07) is 27.2. The zero-order valence-corrected chi connectivity index (χ0v) is 17.1. The van der Waals surface area contributed by atoms with Gasteiger partial charge in [0, 0.05) is 47.0 Å². The Morgan fingerprint density at radius 2 is 0.938 bits per heavy atom. The van der Waals surface area contributed by atoms with E-state index in [1.165, 1.54) is 0 Å². The molecule has 0 bridgehead atoms. The number of hydrogen-bond donors (Lipinski definition) is 0. The summed E-state index contributed by atoms with van der Waals surface area (Å²) >= 11 is 0. The van der Waals surface area contributed by atoms with E-state index in [0.29, 0.717) is 11.3 Å². The molecule has 0 aliphatic heterocycles. The van der Waals surface area contributed by atoms with E-state index in [2.05, 4.69) is 26.0 Å². The fourth-order valence-electron chi connectivity index (χ4n) is 3.82. The van der Waals surface area contributed by atoms with Crippen molar-refractivity contribution in [2.75, 3.05) is 0 Å². The highest BCUT2D eigenvalue weighted by atomic mass is 14.7. The average Bonchev–Trinajstić information content (AvgIpc) is 2.89. The number of pyridine rings is 4. The van der Waals surface area contributed by atoms with Crippen molar-refractivity contribution < 1.29 is 0 Å². The number of aromatic nitrogens is 4. The highest BCUT2D eigenvalue weighted by molar-refractivity contribution is 6.01. The van der Waals surface area contributed by atoms with Gasteiger partial charge < -0.3 is 0 Å². The Balaban J connectivity index is 1.99. The lowest BCUT2D eigenvalue weighted by atomic mass is 9.85. The molecule has 0 saturated heterocycles. The largest absolute Gasteiger partial charge is 0.256 e. The number of rotatable bonds is 4. The molecule has 0 amide bonds. The van der Waals surface area contributed by atoms with Gasteiger partial charge in [-0.3, -0.25) is 19.9 Å². The van der Waals surface area contributed by atoms with Gasteiger partial charge in [0.2, 0.25) is 0 Å². The Hall–Kier alpha value is -4.69. The van der Waals surface area contributed by atoms with E-state index in [-0.39, 0.29) is 0 Å². The normalized spacial score (nSPS) is 10.5. The van der Waals surface area contributed by atoms with Crippen LogP contribution in [0.2, 0.25) is 0 Å². The topological polar surface area (TPSA) is 75.3 Å². The predicted octanol–water partition coefficient (Wildman–Crippen LogP) is 5.81. The molecule has 0 radical (unpaired) electrons. The van der Waals surface area contributed by atoms with Crippen molar-refractivity contribution in [1.29, 1.82) is 5.26 Å². The van der Waals surface area contributed by atoms with Gasteiger partial charge in [-0.2, -0.15) is 5.26 Å². The maximum Gasteiger partial charge on any atom is 0.0999 e. The molecule has 4 aromatic heterocycles. The summed E-state index contributed by atoms with van der Waals surface area (Å²) in [6.07, 6.45) is 6.99. The molecule has 0 saturated carbocycles. The molecule has 0 N–H and O–H groups in total. The summed E-state index contributed by atoms with van der Waals surface area (Å²) in [5.74, 6) is 0. The molecule has 0 fully saturated rings. The lowest BCUT2D eigenvalue weighted by molar-refractivity contribution is 1.27. The molecule has 4 heterocycles. The number of hydrogen-bond acceptors (Lipinski definition) is 5. The second-order valence-corrected chi connectivity index (χ2v) is 7.07. The molecular formula is C27H17N5. The van der Waals surface area contributed by atoms with Crippen molar-refractivity contribution in [2.24, 2.45) is 0 Å². The standard InChI is InChI=1S/C27H17N5/c28-18-19-17-20(21-9-1-5-13-29-21)26(23-11-3-7-15-31-23)27(24-12-4-8-16-32-24)25(19)22-10-2-6-14-30-22/h1-17H. The first kappa shape index (κ1) is 19.3. The highest BCUT2D eigenvalue weighted by Gasteiger charge is 2.25. The predicted molar refractivity (Wildman–Crippen MR) is 124 cm³/mol. The summed E-state index contributed by atoms with van der Waals surface area (Å²) in [5, 5.41) is 10.1. The van der Waals surface area contributed by atoms with Crippen molar-refractivity contribution in [3.05, 3.63) is 109 Å². The van der Waals surface area contributed by atoms with E-state index in [9.17, 15) is 5.26 Å². The third kappa shape index (κ3) is 3.51. The van der Waals surface area contributed by atoms with Crippen LogP contribution in [0.15, 0.2) is 104 Å². The zero-order chi connectivity index (χ0) is 21.8. The van der Waals surface area contributed by atoms with Crippen molar-refractivity contribution in [1.82, 2.24) is 19.9 Å². The summed E-state index contributed by atoms with van der Waals surface area (Å²) in [6.45, 7) is 0. The molecule has 1 aromatic carbocycles. The maximum absolute atomic E-state index is 10.1. The molecule has 150 valence electrons. The molecule has 0 aliphatic carbocycles. The molecule has 0 aliphatic rings. The molecule has 5 rings (SSSR count). The smallest absolute Gasteiger partial charge is 0.0999 e. The Kier molecular flexibility index (Phi) is 5.17. The Morgan fingerprint density at radius 3 is 1.38 bits per heavy atom. The summed E-state index contributed by atoms with van der Waals surface area (Å²) in [7, 11) is 0. The van der Waals surface area contributed by atoms with Gasteiger partial charge in [-0.25, -0.2) is 0 Å². The van der Waals surface area contributed by atoms with Gasteiger partial charge in [-0.05, 0) is 54.6 Å². The lowest BCUT2D eigenvalue weighted by Crippen LogP contribution is -2.01. The first-order valence-corrected chi connectivity index (χ1v) is 10.1. The van der Waals surface area contributed by atoms with Crippen molar-refractivity contribution in [2.45, 2.75) is 0 Å². The van der Waals surface area contributed by atoms with Gasteiger partial charge >= 0.3 is 0 Å². The zero-order valence-electron chi connectivity index (χ0n) is 17.1. The van der Waals surface area contributed by atoms with E-state index in [1.807, 2.05) is 78.9 Å². The van der Waals surface area contributed by atoms with E-state index >= 15 is 0 Å². The maximum atomic E-state index is 10.1. The molecule has 0 spiro atoms. The second-order valence-electron chi connectivity index (χ2n) is 7.07. The molecule has 0 atom stereocenters. The first-order valence-electron chi connectivity index (χ1n) is 10.1. The number of nitriles is 1. The SMILES string of the molecule is N#Cc1cc(-c2ccccn2)c(-c2ccccn2)c(-c2ccccn2)c1-c1ccccn1. The fourth-order valence-corrected chi connectivity index (χ4v) is 3.82. The highest BCUT2D eigenvalue weighted by Crippen LogP contribution is 2.45. The van der Waals surface area contributed by atoms with Crippen LogP contribution < -0.4 is 0 Å². The van der Waals surface area contributed by atoms with Crippen molar-refractivity contribution in [3.63, 3.8) is 0 Å². The van der Waals surface area contributed by atoms with E-state index in [1.54, 1.807) is 24.8 Å². The van der Waals surface area contributed by atoms with Crippen LogP contribution in [0.5, 0.6) is 0 Å². The van der Waals surface area contributed by atoms with Gasteiger partial charge in [0.25, 0.3) is 0 Å². The number of benzene rings is 1. The first-order chi connectivity index (χ1) is 15.9. The fraction of sp³-hybridized carbons (Fsp3) is 0. The average molecular weight is 411 g/mol. The van der Waals surface area contributed by atoms with Gasteiger partial charge in [-0.1, -0.05) is 24.3 Å². The van der Waals surface area contributed by atoms with Crippen molar-refractivity contribution >= 4 is 0 Å². The van der Waals surface area contributed by atoms with Crippen molar-refractivity contribution in [3.8, 4) is 51.1 Å². The van der Waals surface area contributed by atoms with E-state index < -0.39 is 0 Å². The lowest BCUT2D eigenvalue weighted by Gasteiger charge is -2.20. The van der Waals surface area contributed by atoms with E-state index in [4.69, 9.17) is 0 Å². The molecule has 5 aromatic rings. The van der Waals surface area contributed by atoms with Crippen LogP contribution in [-0.2, 0) is 0 Å². The number of nitrogens with zero attached hydrogens (tertiary/aromatic N) is 5. The third-order valence-electron chi connectivity index (χ3n) is 5.15. The Labute approximate surface area is 185 Å². The van der Waals surface area contributed by atoms with Crippen LogP contribution >= 0.6 is 0 Å². The van der Waals surface area contributed by atoms with Crippen LogP contribution in [-0.4, -0.2) is 19.9 Å². The van der Waals surface area contributed by atoms with Crippen LogP contribution in [0.4, 0.5) is 0 Å². The Morgan fingerprint density at radius 1 is 0.500 bits per heavy atom. The van der Waals surface area contributed by atoms with Crippen LogP contribution in [0.3, 0.4) is 0 Å². The van der Waals surface area contributed by atoms with Crippen LogP contribution in [0.25, 0.3) is 45.0 Å². The molecular weight excluding hydrogens is 394 g/mol. The minimum Gasteiger partial charge on any atom is -0.256 e. The Bertz CT molecular complexity index is 1400. The van der Waals surface area contributed by atoms with Gasteiger partial charge in [0.1, 0.15) is 0 Å². The molecule has 5 nitrogen and oxygen atoms in total. The van der Waals surface area contributed by atoms with Crippen LogP contribution in [0, 0.1) is 11.3 Å². The van der Waals surface area contributed by atoms with Crippen LogP contribution in [0.1, 0.15) is 5.56 Å². The molecule has 0 unspecified atom stereocenters. The summed E-state index contributed by atoms with van der Waals surface area (Å²) in [4.78, 5) is 18.4. The summed E-state index contributed by atoms with van der Waals surface area (Å²) in [5.41, 5.74) is 6.70. The van der Waals surface area contributed by atoms with Gasteiger partial charge in [-0.15, -0.1) is 0 Å². The monoisotopic (exact) mass is 411 g/mol. The minimum atomic E-state index is 0.504. The molecule has 32 heavy (non-hydrogen) atoms. The van der Waals surface area contributed by atoms with E-state index in [0.717, 1.165) is 39.3 Å². The van der Waals surface area contributed by atoms with Gasteiger partial charge in [0.05, 0.1) is 34.4 Å². The van der Waals surface area contributed by atoms with Gasteiger partial charge in [0.15, 0.2) is 0 Å². The quantitative estimate of drug-likeness (QED) is 0.373. The molecule has 5 heteroatoms. The minimum absolute atomic E-state index is 0.504.